The number of unbranched alkanes of at least 4 members (excludes halogenated alkanes) is 3. The number of hydrogen-bond donors (Lipinski definition) is 0. The number of aromatic nitrogens is 2. The molecule has 0 aliphatic carbocycles. The molecule has 86 valence electrons. The Labute approximate surface area is 105 Å². The Kier molecular flexibility index (Phi) is 3.99. The third-order valence-electron chi connectivity index (χ3n) is 2.75. The van der Waals surface area contributed by atoms with E-state index in [1.54, 1.807) is 0 Å². The van der Waals surface area contributed by atoms with Crippen molar-refractivity contribution in [2.45, 2.75) is 39.0 Å². The van der Waals surface area contributed by atoms with Crippen molar-refractivity contribution < 1.29 is 0 Å². The zero-order valence-corrected chi connectivity index (χ0v) is 11.2. The maximum Gasteiger partial charge on any atom is 0.137 e. The average molecular weight is 281 g/mol. The molecule has 0 amide bonds. The molecule has 0 saturated carbocycles. The summed E-state index contributed by atoms with van der Waals surface area (Å²) in [6, 6.07) is 4.07. The van der Waals surface area contributed by atoms with Gasteiger partial charge in [-0.2, -0.15) is 0 Å². The highest BCUT2D eigenvalue weighted by Gasteiger charge is 2.01. The third-order valence-corrected chi connectivity index (χ3v) is 3.22. The van der Waals surface area contributed by atoms with Crippen LogP contribution in [0.4, 0.5) is 0 Å². The Morgan fingerprint density at radius 2 is 2.06 bits per heavy atom. The smallest absolute Gasteiger partial charge is 0.137 e. The molecule has 0 atom stereocenters. The Morgan fingerprint density at radius 1 is 1.19 bits per heavy atom. The highest BCUT2D eigenvalue weighted by molar-refractivity contribution is 9.10. The summed E-state index contributed by atoms with van der Waals surface area (Å²) in [6.07, 6.45) is 10.5. The summed E-state index contributed by atoms with van der Waals surface area (Å²) in [7, 11) is 0. The minimum absolute atomic E-state index is 1.04. The molecule has 0 aliphatic heterocycles. The molecule has 0 N–H and O–H groups in total. The molecule has 2 aromatic rings. The van der Waals surface area contributed by atoms with Crippen LogP contribution in [0.1, 0.15) is 38.3 Å². The lowest BCUT2D eigenvalue weighted by molar-refractivity contribution is 0.662. The van der Waals surface area contributed by atoms with E-state index < -0.39 is 0 Å². The van der Waals surface area contributed by atoms with Gasteiger partial charge < -0.3 is 4.40 Å². The van der Waals surface area contributed by atoms with Gasteiger partial charge in [-0.1, -0.05) is 26.2 Å². The van der Waals surface area contributed by atoms with Crippen molar-refractivity contribution in [2.75, 3.05) is 0 Å². The predicted octanol–water partition coefficient (Wildman–Crippen LogP) is 4.22. The summed E-state index contributed by atoms with van der Waals surface area (Å²) in [4.78, 5) is 4.59. The Morgan fingerprint density at radius 3 is 2.88 bits per heavy atom. The molecule has 0 radical (unpaired) electrons. The Bertz CT molecular complexity index is 462. The first kappa shape index (κ1) is 11.6. The first-order chi connectivity index (χ1) is 7.79. The number of hydrogen-bond acceptors (Lipinski definition) is 1. The molecule has 0 unspecified atom stereocenters. The number of halogens is 1. The maximum atomic E-state index is 4.59. The van der Waals surface area contributed by atoms with Crippen molar-refractivity contribution >= 4 is 21.6 Å². The van der Waals surface area contributed by atoms with Gasteiger partial charge in [0.1, 0.15) is 5.65 Å². The van der Waals surface area contributed by atoms with Crippen molar-refractivity contribution in [2.24, 2.45) is 0 Å². The topological polar surface area (TPSA) is 17.3 Å². The van der Waals surface area contributed by atoms with Crippen molar-refractivity contribution in [3.8, 4) is 0 Å². The van der Waals surface area contributed by atoms with E-state index >= 15 is 0 Å². The van der Waals surface area contributed by atoms with Gasteiger partial charge in [-0.05, 0) is 40.9 Å². The second kappa shape index (κ2) is 5.48. The molecule has 0 fully saturated rings. The van der Waals surface area contributed by atoms with Gasteiger partial charge in [-0.25, -0.2) is 4.98 Å². The molecule has 0 bridgehead atoms. The summed E-state index contributed by atoms with van der Waals surface area (Å²) in [5, 5.41) is 0. The van der Waals surface area contributed by atoms with Crippen LogP contribution in [0.5, 0.6) is 0 Å². The summed E-state index contributed by atoms with van der Waals surface area (Å²) in [6.45, 7) is 2.24. The molecule has 2 heterocycles. The lowest BCUT2D eigenvalue weighted by Crippen LogP contribution is -1.85. The molecule has 0 saturated heterocycles. The van der Waals surface area contributed by atoms with Crippen LogP contribution in [0, 0.1) is 0 Å². The zero-order valence-electron chi connectivity index (χ0n) is 9.62. The summed E-state index contributed by atoms with van der Waals surface area (Å²) >= 11 is 3.47. The first-order valence-electron chi connectivity index (χ1n) is 5.92. The van der Waals surface area contributed by atoms with E-state index in [1.165, 1.54) is 31.4 Å². The van der Waals surface area contributed by atoms with E-state index in [0.29, 0.717) is 0 Å². The lowest BCUT2D eigenvalue weighted by Gasteiger charge is -1.95. The molecule has 3 heteroatoms. The summed E-state index contributed by atoms with van der Waals surface area (Å²) < 4.78 is 3.18. The standard InChI is InChI=1S/C13H17BrN2/c1-2-3-4-5-6-12-10-16-9-11(14)7-8-13(16)15-12/h7-10H,2-6H2,1H3. The van der Waals surface area contributed by atoms with Gasteiger partial charge >= 0.3 is 0 Å². The second-order valence-electron chi connectivity index (χ2n) is 4.16. The van der Waals surface area contributed by atoms with E-state index in [2.05, 4.69) is 44.6 Å². The molecule has 2 aromatic heterocycles. The first-order valence-corrected chi connectivity index (χ1v) is 6.72. The van der Waals surface area contributed by atoms with Crippen molar-refractivity contribution in [3.05, 3.63) is 34.7 Å². The van der Waals surface area contributed by atoms with Crippen molar-refractivity contribution in [1.29, 1.82) is 0 Å². The van der Waals surface area contributed by atoms with Crippen LogP contribution in [-0.4, -0.2) is 9.38 Å². The molecule has 0 spiro atoms. The van der Waals surface area contributed by atoms with Crippen LogP contribution in [0.15, 0.2) is 29.0 Å². The van der Waals surface area contributed by atoms with Crippen LogP contribution in [-0.2, 0) is 6.42 Å². The van der Waals surface area contributed by atoms with Crippen molar-refractivity contribution in [3.63, 3.8) is 0 Å². The molecule has 2 nitrogen and oxygen atoms in total. The molecular formula is C13H17BrN2. The largest absolute Gasteiger partial charge is 0.306 e. The number of imidazole rings is 1. The van der Waals surface area contributed by atoms with Gasteiger partial charge in [0.05, 0.1) is 5.69 Å². The van der Waals surface area contributed by atoms with E-state index in [4.69, 9.17) is 0 Å². The molecule has 0 aromatic carbocycles. The van der Waals surface area contributed by atoms with Gasteiger partial charge in [0.15, 0.2) is 0 Å². The van der Waals surface area contributed by atoms with E-state index in [1.807, 2.05) is 12.1 Å². The number of aryl methyl sites for hydroxylation is 1. The monoisotopic (exact) mass is 280 g/mol. The van der Waals surface area contributed by atoms with E-state index in [-0.39, 0.29) is 0 Å². The number of rotatable bonds is 5. The van der Waals surface area contributed by atoms with Gasteiger partial charge in [0.2, 0.25) is 0 Å². The van der Waals surface area contributed by atoms with Crippen molar-refractivity contribution in [1.82, 2.24) is 9.38 Å². The lowest BCUT2D eigenvalue weighted by atomic mass is 10.1. The molecule has 0 aliphatic rings. The van der Waals surface area contributed by atoms with Gasteiger partial charge in [0.25, 0.3) is 0 Å². The quantitative estimate of drug-likeness (QED) is 0.750. The van der Waals surface area contributed by atoms with Crippen LogP contribution in [0.2, 0.25) is 0 Å². The molecule has 16 heavy (non-hydrogen) atoms. The minimum Gasteiger partial charge on any atom is -0.306 e. The second-order valence-corrected chi connectivity index (χ2v) is 5.07. The van der Waals surface area contributed by atoms with E-state index in [0.717, 1.165) is 16.5 Å². The minimum atomic E-state index is 1.04. The number of fused-ring (bicyclic) bond motifs is 1. The number of pyridine rings is 1. The summed E-state index contributed by atoms with van der Waals surface area (Å²) in [5.41, 5.74) is 2.24. The maximum absolute atomic E-state index is 4.59. The number of nitrogens with zero attached hydrogens (tertiary/aromatic N) is 2. The Hall–Kier alpha value is -0.830. The normalized spacial score (nSPS) is 11.1. The highest BCUT2D eigenvalue weighted by Crippen LogP contribution is 2.14. The Balaban J connectivity index is 2.02. The van der Waals surface area contributed by atoms with Gasteiger partial charge in [0, 0.05) is 16.9 Å². The van der Waals surface area contributed by atoms with Crippen LogP contribution >= 0.6 is 15.9 Å². The van der Waals surface area contributed by atoms with Crippen LogP contribution < -0.4 is 0 Å². The average Bonchev–Trinajstić information content (AvgIpc) is 2.66. The van der Waals surface area contributed by atoms with Crippen LogP contribution in [0.3, 0.4) is 0 Å². The fourth-order valence-electron chi connectivity index (χ4n) is 1.87. The highest BCUT2D eigenvalue weighted by atomic mass is 79.9. The summed E-state index contributed by atoms with van der Waals surface area (Å²) in [5.74, 6) is 0. The molecule has 2 rings (SSSR count). The van der Waals surface area contributed by atoms with Gasteiger partial charge in [-0.15, -0.1) is 0 Å². The third kappa shape index (κ3) is 2.85. The van der Waals surface area contributed by atoms with Crippen LogP contribution in [0.25, 0.3) is 5.65 Å². The predicted molar refractivity (Wildman–Crippen MR) is 70.7 cm³/mol. The van der Waals surface area contributed by atoms with Gasteiger partial charge in [-0.3, -0.25) is 0 Å². The fraction of sp³-hybridized carbons (Fsp3) is 0.462. The SMILES string of the molecule is CCCCCCc1cn2cc(Br)ccc2n1. The van der Waals surface area contributed by atoms with E-state index in [9.17, 15) is 0 Å². The fourth-order valence-corrected chi connectivity index (χ4v) is 2.22. The molecular weight excluding hydrogens is 264 g/mol. The zero-order chi connectivity index (χ0) is 11.4.